The Bertz CT molecular complexity index is 1130. The van der Waals surface area contributed by atoms with Crippen molar-refractivity contribution in [2.24, 2.45) is 4.99 Å². The molecule has 0 spiro atoms. The van der Waals surface area contributed by atoms with Crippen molar-refractivity contribution in [2.75, 3.05) is 20.1 Å². The molecule has 1 aliphatic heterocycles. The van der Waals surface area contributed by atoms with E-state index < -0.39 is 0 Å². The number of piperidine rings is 1. The average Bonchev–Trinajstić information content (AvgIpc) is 2.83. The standard InChI is InChI=1S/C27H30N4O.HI/c1-28-27(30-17-14-23(15-18-30)19-22-7-3-2-4-8-22)29-20-24-10-12-25(13-11-24)21-31-16-6-5-9-26(31)32;/h2-13,16,19H,14-15,17-18,20-21H2,1H3,(H,28,29);1H. The lowest BCUT2D eigenvalue weighted by Gasteiger charge is -2.31. The van der Waals surface area contributed by atoms with Crippen LogP contribution < -0.4 is 10.9 Å². The first kappa shape index (κ1) is 24.8. The van der Waals surface area contributed by atoms with Crippen LogP contribution in [-0.2, 0) is 13.1 Å². The summed E-state index contributed by atoms with van der Waals surface area (Å²) in [7, 11) is 1.85. The number of nitrogens with one attached hydrogen (secondary N) is 1. The number of hydrogen-bond donors (Lipinski definition) is 1. The maximum Gasteiger partial charge on any atom is 0.250 e. The zero-order valence-electron chi connectivity index (χ0n) is 19.0. The first-order valence-electron chi connectivity index (χ1n) is 11.1. The Kier molecular flexibility index (Phi) is 9.30. The molecular weight excluding hydrogens is 523 g/mol. The number of nitrogens with zero attached hydrogens (tertiary/aromatic N) is 3. The van der Waals surface area contributed by atoms with Gasteiger partial charge in [-0.15, -0.1) is 24.0 Å². The van der Waals surface area contributed by atoms with Gasteiger partial charge in [-0.05, 0) is 35.6 Å². The van der Waals surface area contributed by atoms with Crippen molar-refractivity contribution in [3.8, 4) is 0 Å². The lowest BCUT2D eigenvalue weighted by Crippen LogP contribution is -2.44. The maximum atomic E-state index is 11.9. The van der Waals surface area contributed by atoms with Crippen molar-refractivity contribution in [1.82, 2.24) is 14.8 Å². The van der Waals surface area contributed by atoms with Crippen LogP contribution in [0.2, 0.25) is 0 Å². The van der Waals surface area contributed by atoms with E-state index in [1.165, 1.54) is 16.7 Å². The van der Waals surface area contributed by atoms with Gasteiger partial charge in [0.15, 0.2) is 5.96 Å². The second-order valence-electron chi connectivity index (χ2n) is 8.08. The summed E-state index contributed by atoms with van der Waals surface area (Å²) in [4.78, 5) is 18.7. The van der Waals surface area contributed by atoms with Crippen molar-refractivity contribution in [3.63, 3.8) is 0 Å². The summed E-state index contributed by atoms with van der Waals surface area (Å²) < 4.78 is 1.71. The van der Waals surface area contributed by atoms with Gasteiger partial charge in [0.2, 0.25) is 0 Å². The number of benzene rings is 2. The highest BCUT2D eigenvalue weighted by molar-refractivity contribution is 14.0. The molecule has 3 aromatic rings. The molecule has 4 rings (SSSR count). The number of rotatable bonds is 5. The van der Waals surface area contributed by atoms with Crippen LogP contribution in [0.1, 0.15) is 29.5 Å². The minimum atomic E-state index is 0. The highest BCUT2D eigenvalue weighted by Gasteiger charge is 2.17. The Hall–Kier alpha value is -2.87. The average molecular weight is 554 g/mol. The molecule has 1 aromatic heterocycles. The molecule has 0 saturated carbocycles. The number of halogens is 1. The molecule has 2 heterocycles. The molecule has 0 radical (unpaired) electrons. The second kappa shape index (κ2) is 12.4. The molecule has 6 heteroatoms. The van der Waals surface area contributed by atoms with E-state index in [9.17, 15) is 4.79 Å². The van der Waals surface area contributed by atoms with E-state index in [-0.39, 0.29) is 29.5 Å². The molecule has 0 bridgehead atoms. The first-order valence-corrected chi connectivity index (χ1v) is 11.1. The third kappa shape index (κ3) is 7.05. The number of hydrogen-bond acceptors (Lipinski definition) is 2. The fraction of sp³-hybridized carbons (Fsp3) is 0.259. The van der Waals surface area contributed by atoms with Crippen LogP contribution in [0.4, 0.5) is 0 Å². The second-order valence-corrected chi connectivity index (χ2v) is 8.08. The van der Waals surface area contributed by atoms with Crippen LogP contribution >= 0.6 is 24.0 Å². The highest BCUT2D eigenvalue weighted by Crippen LogP contribution is 2.19. The smallest absolute Gasteiger partial charge is 0.250 e. The van der Waals surface area contributed by atoms with Gasteiger partial charge < -0.3 is 14.8 Å². The lowest BCUT2D eigenvalue weighted by atomic mass is 10.0. The fourth-order valence-electron chi connectivity index (χ4n) is 4.00. The quantitative estimate of drug-likeness (QED) is 0.281. The summed E-state index contributed by atoms with van der Waals surface area (Å²) in [6.45, 7) is 3.26. The highest BCUT2D eigenvalue weighted by atomic mass is 127. The number of guanidine groups is 1. The SMILES string of the molecule is CN=C(NCc1ccc(Cn2ccccc2=O)cc1)N1CCC(=Cc2ccccc2)CC1.I. The van der Waals surface area contributed by atoms with Gasteiger partial charge in [-0.2, -0.15) is 0 Å². The van der Waals surface area contributed by atoms with Gasteiger partial charge in [0.25, 0.3) is 5.56 Å². The van der Waals surface area contributed by atoms with E-state index >= 15 is 0 Å². The summed E-state index contributed by atoms with van der Waals surface area (Å²) in [5.74, 6) is 0.948. The minimum Gasteiger partial charge on any atom is -0.352 e. The molecule has 1 N–H and O–H groups in total. The van der Waals surface area contributed by atoms with Crippen LogP contribution in [-0.4, -0.2) is 35.6 Å². The summed E-state index contributed by atoms with van der Waals surface area (Å²) in [5.41, 5.74) is 5.09. The molecular formula is C27H31IN4O. The number of likely N-dealkylation sites (tertiary alicyclic amines) is 1. The van der Waals surface area contributed by atoms with Gasteiger partial charge >= 0.3 is 0 Å². The van der Waals surface area contributed by atoms with Gasteiger partial charge in [-0.3, -0.25) is 9.79 Å². The maximum absolute atomic E-state index is 11.9. The van der Waals surface area contributed by atoms with Crippen molar-refractivity contribution < 1.29 is 0 Å². The van der Waals surface area contributed by atoms with Crippen LogP contribution in [0.25, 0.3) is 6.08 Å². The molecule has 2 aromatic carbocycles. The predicted octanol–water partition coefficient (Wildman–Crippen LogP) is 4.77. The van der Waals surface area contributed by atoms with Crippen molar-refractivity contribution >= 4 is 36.0 Å². The van der Waals surface area contributed by atoms with E-state index in [1.807, 2.05) is 19.3 Å². The predicted molar refractivity (Wildman–Crippen MR) is 147 cm³/mol. The topological polar surface area (TPSA) is 49.6 Å². The van der Waals surface area contributed by atoms with Gasteiger partial charge in [0.1, 0.15) is 0 Å². The molecule has 0 unspecified atom stereocenters. The number of pyridine rings is 1. The van der Waals surface area contributed by atoms with Gasteiger partial charge in [-0.1, -0.05) is 72.3 Å². The van der Waals surface area contributed by atoms with Crippen LogP contribution in [0, 0.1) is 0 Å². The van der Waals surface area contributed by atoms with Gasteiger partial charge in [-0.25, -0.2) is 0 Å². The molecule has 0 aliphatic carbocycles. The fourth-order valence-corrected chi connectivity index (χ4v) is 4.00. The van der Waals surface area contributed by atoms with E-state index in [2.05, 4.69) is 75.9 Å². The zero-order chi connectivity index (χ0) is 22.2. The molecule has 0 atom stereocenters. The third-order valence-corrected chi connectivity index (χ3v) is 5.81. The summed E-state index contributed by atoms with van der Waals surface area (Å²) in [6, 6.07) is 24.2. The molecule has 1 aliphatic rings. The lowest BCUT2D eigenvalue weighted by molar-refractivity contribution is 0.375. The summed E-state index contributed by atoms with van der Waals surface area (Å²) in [5, 5.41) is 3.50. The Morgan fingerprint density at radius 1 is 0.939 bits per heavy atom. The molecule has 0 amide bonds. The monoisotopic (exact) mass is 554 g/mol. The Morgan fingerprint density at radius 2 is 1.61 bits per heavy atom. The Labute approximate surface area is 212 Å². The van der Waals surface area contributed by atoms with Crippen molar-refractivity contribution in [2.45, 2.75) is 25.9 Å². The summed E-state index contributed by atoms with van der Waals surface area (Å²) >= 11 is 0. The van der Waals surface area contributed by atoms with E-state index in [0.29, 0.717) is 6.54 Å². The number of aliphatic imine (C=N–C) groups is 1. The van der Waals surface area contributed by atoms with E-state index in [0.717, 1.165) is 44.0 Å². The number of aromatic nitrogens is 1. The largest absolute Gasteiger partial charge is 0.352 e. The Morgan fingerprint density at radius 3 is 2.27 bits per heavy atom. The van der Waals surface area contributed by atoms with Gasteiger partial charge in [0, 0.05) is 38.9 Å². The zero-order valence-corrected chi connectivity index (χ0v) is 21.3. The molecule has 5 nitrogen and oxygen atoms in total. The van der Waals surface area contributed by atoms with Crippen LogP contribution in [0.3, 0.4) is 0 Å². The van der Waals surface area contributed by atoms with E-state index in [4.69, 9.17) is 0 Å². The third-order valence-electron chi connectivity index (χ3n) is 5.81. The molecule has 1 saturated heterocycles. The normalized spacial score (nSPS) is 13.9. The van der Waals surface area contributed by atoms with Crippen LogP contribution in [0.5, 0.6) is 0 Å². The van der Waals surface area contributed by atoms with Gasteiger partial charge in [0.05, 0.1) is 6.54 Å². The van der Waals surface area contributed by atoms with Crippen molar-refractivity contribution in [1.29, 1.82) is 0 Å². The summed E-state index contributed by atoms with van der Waals surface area (Å²) in [6.07, 6.45) is 6.26. The molecule has 33 heavy (non-hydrogen) atoms. The first-order chi connectivity index (χ1) is 15.7. The molecule has 1 fully saturated rings. The van der Waals surface area contributed by atoms with Crippen LogP contribution in [0.15, 0.2) is 94.4 Å². The Balaban J connectivity index is 0.00000306. The van der Waals surface area contributed by atoms with Crippen molar-refractivity contribution in [3.05, 3.63) is 112 Å². The van der Waals surface area contributed by atoms with E-state index in [1.54, 1.807) is 16.7 Å². The minimum absolute atomic E-state index is 0. The molecule has 172 valence electrons.